The van der Waals surface area contributed by atoms with Gasteiger partial charge in [-0.25, -0.2) is 5.10 Å². The highest BCUT2D eigenvalue weighted by atomic mass is 35.5. The van der Waals surface area contributed by atoms with Crippen LogP contribution < -0.4 is 10.9 Å². The normalized spacial score (nSPS) is 11.9. The maximum atomic E-state index is 12.0. The summed E-state index contributed by atoms with van der Waals surface area (Å²) in [7, 11) is 0. The molecule has 0 bridgehead atoms. The van der Waals surface area contributed by atoms with Crippen LogP contribution in [0.1, 0.15) is 27.8 Å². The van der Waals surface area contributed by atoms with Gasteiger partial charge in [-0.15, -0.1) is 11.3 Å². The molecule has 2 aromatic heterocycles. The van der Waals surface area contributed by atoms with Crippen LogP contribution in [-0.4, -0.2) is 27.2 Å². The van der Waals surface area contributed by atoms with E-state index in [2.05, 4.69) is 15.5 Å². The van der Waals surface area contributed by atoms with Gasteiger partial charge in [-0.05, 0) is 18.2 Å². The number of hydrogen-bond acceptors (Lipinski definition) is 5. The first kappa shape index (κ1) is 15.2. The lowest BCUT2D eigenvalue weighted by Crippen LogP contribution is -2.31. The second kappa shape index (κ2) is 6.51. The highest BCUT2D eigenvalue weighted by Crippen LogP contribution is 2.28. The van der Waals surface area contributed by atoms with Crippen molar-refractivity contribution in [2.24, 2.45) is 0 Å². The molecule has 0 radical (unpaired) electrons. The van der Waals surface area contributed by atoms with Crippen molar-refractivity contribution < 1.29 is 14.7 Å². The monoisotopic (exact) mass is 327 g/mol. The van der Waals surface area contributed by atoms with Crippen molar-refractivity contribution in [3.63, 3.8) is 0 Å². The SMILES string of the molecule is O=C(O)C[C@H](NC(=O)c1ccc(=O)[nH]n1)c1ccc(Cl)s1. The molecule has 0 unspecified atom stereocenters. The number of halogens is 1. The molecule has 110 valence electrons. The van der Waals surface area contributed by atoms with Crippen LogP contribution in [0.15, 0.2) is 29.1 Å². The molecule has 0 aromatic carbocycles. The number of amides is 1. The Morgan fingerprint density at radius 3 is 2.67 bits per heavy atom. The first-order valence-corrected chi connectivity index (χ1v) is 6.99. The molecular formula is C12H10ClN3O4S. The predicted molar refractivity (Wildman–Crippen MR) is 76.6 cm³/mol. The van der Waals surface area contributed by atoms with Crippen LogP contribution in [0.2, 0.25) is 4.34 Å². The molecule has 1 atom stereocenters. The van der Waals surface area contributed by atoms with Crippen molar-refractivity contribution in [2.45, 2.75) is 12.5 Å². The lowest BCUT2D eigenvalue weighted by Gasteiger charge is -2.14. The van der Waals surface area contributed by atoms with Crippen molar-refractivity contribution in [3.8, 4) is 0 Å². The maximum absolute atomic E-state index is 12.0. The topological polar surface area (TPSA) is 112 Å². The molecular weight excluding hydrogens is 318 g/mol. The summed E-state index contributed by atoms with van der Waals surface area (Å²) in [5.74, 6) is -1.64. The van der Waals surface area contributed by atoms with Crippen LogP contribution in [0.25, 0.3) is 0 Å². The number of hydrogen-bond donors (Lipinski definition) is 3. The molecule has 21 heavy (non-hydrogen) atoms. The fourth-order valence-corrected chi connectivity index (χ4v) is 2.73. The fourth-order valence-electron chi connectivity index (χ4n) is 1.62. The van der Waals surface area contributed by atoms with Gasteiger partial charge < -0.3 is 10.4 Å². The van der Waals surface area contributed by atoms with E-state index in [-0.39, 0.29) is 12.1 Å². The summed E-state index contributed by atoms with van der Waals surface area (Å²) in [6.45, 7) is 0. The molecule has 2 heterocycles. The zero-order valence-electron chi connectivity index (χ0n) is 10.5. The summed E-state index contributed by atoms with van der Waals surface area (Å²) in [4.78, 5) is 34.4. The van der Waals surface area contributed by atoms with Crippen molar-refractivity contribution >= 4 is 34.8 Å². The van der Waals surface area contributed by atoms with Gasteiger partial charge in [0.15, 0.2) is 0 Å². The fraction of sp³-hybridized carbons (Fsp3) is 0.167. The van der Waals surface area contributed by atoms with E-state index >= 15 is 0 Å². The third-order valence-electron chi connectivity index (χ3n) is 2.53. The molecule has 7 nitrogen and oxygen atoms in total. The number of carboxylic acids is 1. The third-order valence-corrected chi connectivity index (χ3v) is 3.88. The molecule has 0 spiro atoms. The molecule has 3 N–H and O–H groups in total. The summed E-state index contributed by atoms with van der Waals surface area (Å²) < 4.78 is 0.497. The van der Waals surface area contributed by atoms with E-state index in [4.69, 9.17) is 16.7 Å². The molecule has 2 aromatic rings. The van der Waals surface area contributed by atoms with Gasteiger partial charge >= 0.3 is 5.97 Å². The van der Waals surface area contributed by atoms with Crippen molar-refractivity contribution in [2.75, 3.05) is 0 Å². The van der Waals surface area contributed by atoms with Gasteiger partial charge in [0, 0.05) is 10.9 Å². The number of H-pyrrole nitrogens is 1. The Hall–Kier alpha value is -2.19. The van der Waals surface area contributed by atoms with Gasteiger partial charge in [-0.2, -0.15) is 5.10 Å². The van der Waals surface area contributed by atoms with E-state index in [1.165, 1.54) is 17.4 Å². The summed E-state index contributed by atoms with van der Waals surface area (Å²) in [6.07, 6.45) is -0.286. The highest BCUT2D eigenvalue weighted by Gasteiger charge is 2.21. The number of thiophene rings is 1. The van der Waals surface area contributed by atoms with Gasteiger partial charge in [0.1, 0.15) is 5.69 Å². The summed E-state index contributed by atoms with van der Waals surface area (Å²) in [5, 5.41) is 17.2. The van der Waals surface area contributed by atoms with E-state index in [1.54, 1.807) is 12.1 Å². The molecule has 0 fully saturated rings. The number of aromatic amines is 1. The minimum absolute atomic E-state index is 0.00681. The van der Waals surface area contributed by atoms with Crippen LogP contribution in [0.3, 0.4) is 0 Å². The maximum Gasteiger partial charge on any atom is 0.305 e. The second-order valence-corrected chi connectivity index (χ2v) is 5.82. The highest BCUT2D eigenvalue weighted by molar-refractivity contribution is 7.16. The van der Waals surface area contributed by atoms with Crippen LogP contribution in [0.5, 0.6) is 0 Å². The average molecular weight is 328 g/mol. The summed E-state index contributed by atoms with van der Waals surface area (Å²) >= 11 is 7.00. The van der Waals surface area contributed by atoms with Gasteiger partial charge in [-0.3, -0.25) is 14.4 Å². The van der Waals surface area contributed by atoms with Crippen LogP contribution in [-0.2, 0) is 4.79 Å². The largest absolute Gasteiger partial charge is 0.481 e. The van der Waals surface area contributed by atoms with E-state index in [1.807, 2.05) is 0 Å². The quantitative estimate of drug-likeness (QED) is 0.769. The van der Waals surface area contributed by atoms with Gasteiger partial charge in [0.05, 0.1) is 16.8 Å². The molecule has 0 aliphatic heterocycles. The molecule has 0 aliphatic rings. The lowest BCUT2D eigenvalue weighted by atomic mass is 10.1. The number of aromatic nitrogens is 2. The zero-order chi connectivity index (χ0) is 15.4. The Balaban J connectivity index is 2.18. The first-order chi connectivity index (χ1) is 9.95. The number of carboxylic acid groups (broad SMARTS) is 1. The molecule has 0 saturated carbocycles. The first-order valence-electron chi connectivity index (χ1n) is 5.79. The van der Waals surface area contributed by atoms with Crippen LogP contribution in [0, 0.1) is 0 Å². The minimum Gasteiger partial charge on any atom is -0.481 e. The van der Waals surface area contributed by atoms with E-state index in [0.717, 1.165) is 6.07 Å². The number of aliphatic carboxylic acids is 1. The van der Waals surface area contributed by atoms with Crippen molar-refractivity contribution in [1.82, 2.24) is 15.5 Å². The van der Waals surface area contributed by atoms with Crippen molar-refractivity contribution in [1.29, 1.82) is 0 Å². The Morgan fingerprint density at radius 2 is 2.14 bits per heavy atom. The Labute approximate surface area is 127 Å². The lowest BCUT2D eigenvalue weighted by molar-refractivity contribution is -0.137. The average Bonchev–Trinajstić information content (AvgIpc) is 2.85. The number of carbonyl (C=O) groups is 2. The van der Waals surface area contributed by atoms with Crippen molar-refractivity contribution in [3.05, 3.63) is 49.5 Å². The molecule has 0 aliphatic carbocycles. The standard InChI is InChI=1S/C12H10ClN3O4S/c13-9-3-2-8(21-9)7(5-11(18)19)14-12(20)6-1-4-10(17)16-15-6/h1-4,7H,5H2,(H,14,20)(H,16,17)(H,18,19)/t7-/m0/s1. The Bertz CT molecular complexity index is 707. The summed E-state index contributed by atoms with van der Waals surface area (Å²) in [5.41, 5.74) is -0.439. The molecule has 1 amide bonds. The van der Waals surface area contributed by atoms with E-state index in [0.29, 0.717) is 9.21 Å². The minimum atomic E-state index is -1.06. The number of carbonyl (C=O) groups excluding carboxylic acids is 1. The molecule has 0 saturated heterocycles. The Kier molecular flexibility index (Phi) is 4.71. The summed E-state index contributed by atoms with van der Waals surface area (Å²) in [6, 6.07) is 4.98. The van der Waals surface area contributed by atoms with Gasteiger partial charge in [-0.1, -0.05) is 11.6 Å². The Morgan fingerprint density at radius 1 is 1.38 bits per heavy atom. The molecule has 9 heteroatoms. The number of rotatable bonds is 5. The van der Waals surface area contributed by atoms with Gasteiger partial charge in [0.2, 0.25) is 0 Å². The smallest absolute Gasteiger partial charge is 0.305 e. The van der Waals surface area contributed by atoms with Gasteiger partial charge in [0.25, 0.3) is 11.5 Å². The zero-order valence-corrected chi connectivity index (χ0v) is 12.1. The second-order valence-electron chi connectivity index (χ2n) is 4.07. The number of nitrogens with zero attached hydrogens (tertiary/aromatic N) is 1. The van der Waals surface area contributed by atoms with E-state index in [9.17, 15) is 14.4 Å². The number of nitrogens with one attached hydrogen (secondary N) is 2. The van der Waals surface area contributed by atoms with Crippen LogP contribution in [0.4, 0.5) is 0 Å². The van der Waals surface area contributed by atoms with E-state index < -0.39 is 23.5 Å². The predicted octanol–water partition coefficient (Wildman–Crippen LogP) is 1.43. The molecule has 2 rings (SSSR count). The van der Waals surface area contributed by atoms with Crippen LogP contribution >= 0.6 is 22.9 Å². The third kappa shape index (κ3) is 4.14.